The first kappa shape index (κ1) is 20.1. The predicted molar refractivity (Wildman–Crippen MR) is 96.5 cm³/mol. The van der Waals surface area contributed by atoms with Gasteiger partial charge in [-0.25, -0.2) is 10.5 Å². The standard InChI is InChI=1S/C18H28N4O4/c1-12(2)10-14(16(23)17(24)20-26)18(25)22-9-8-21(11-13(22)3)15-6-4-5-7-19-15/h4-7,12-14,16,23,26H,8-11H2,1-3H3,(H,20,24)/t13-,14?,16?/m1/s1. The van der Waals surface area contributed by atoms with E-state index in [0.29, 0.717) is 26.1 Å². The van der Waals surface area contributed by atoms with Crippen molar-refractivity contribution in [1.82, 2.24) is 15.4 Å². The van der Waals surface area contributed by atoms with Gasteiger partial charge in [0.05, 0.1) is 5.92 Å². The highest BCUT2D eigenvalue weighted by Gasteiger charge is 2.38. The van der Waals surface area contributed by atoms with Crippen LogP contribution in [0.15, 0.2) is 24.4 Å². The Morgan fingerprint density at radius 3 is 2.62 bits per heavy atom. The molecule has 144 valence electrons. The Labute approximate surface area is 153 Å². The van der Waals surface area contributed by atoms with Gasteiger partial charge in [0.1, 0.15) is 11.9 Å². The van der Waals surface area contributed by atoms with Crippen molar-refractivity contribution in [2.24, 2.45) is 11.8 Å². The van der Waals surface area contributed by atoms with Gasteiger partial charge < -0.3 is 14.9 Å². The number of aliphatic hydroxyl groups excluding tert-OH is 1. The van der Waals surface area contributed by atoms with Crippen LogP contribution in [-0.2, 0) is 9.59 Å². The van der Waals surface area contributed by atoms with Crippen LogP contribution >= 0.6 is 0 Å². The number of nitrogens with zero attached hydrogens (tertiary/aromatic N) is 3. The van der Waals surface area contributed by atoms with Gasteiger partial charge in [-0.3, -0.25) is 14.8 Å². The minimum atomic E-state index is -1.57. The molecule has 2 rings (SSSR count). The molecular formula is C18H28N4O4. The van der Waals surface area contributed by atoms with Crippen molar-refractivity contribution >= 4 is 17.6 Å². The number of amides is 2. The van der Waals surface area contributed by atoms with Crippen LogP contribution < -0.4 is 10.4 Å². The topological polar surface area (TPSA) is 106 Å². The third-order valence-corrected chi connectivity index (χ3v) is 4.69. The fourth-order valence-corrected chi connectivity index (χ4v) is 3.37. The molecule has 0 aromatic carbocycles. The molecule has 0 radical (unpaired) electrons. The quantitative estimate of drug-likeness (QED) is 0.505. The molecule has 2 heterocycles. The smallest absolute Gasteiger partial charge is 0.272 e. The van der Waals surface area contributed by atoms with Crippen LogP contribution in [0.2, 0.25) is 0 Å². The Bertz CT molecular complexity index is 610. The molecule has 8 nitrogen and oxygen atoms in total. The number of anilines is 1. The number of hydrogen-bond donors (Lipinski definition) is 3. The zero-order valence-corrected chi connectivity index (χ0v) is 15.5. The molecule has 0 bridgehead atoms. The fraction of sp³-hybridized carbons (Fsp3) is 0.611. The number of rotatable bonds is 6. The third kappa shape index (κ3) is 4.70. The van der Waals surface area contributed by atoms with Crippen molar-refractivity contribution in [3.05, 3.63) is 24.4 Å². The first-order valence-electron chi connectivity index (χ1n) is 8.93. The summed E-state index contributed by atoms with van der Waals surface area (Å²) in [6.07, 6.45) is 0.525. The molecule has 3 N–H and O–H groups in total. The molecule has 1 aromatic heterocycles. The van der Waals surface area contributed by atoms with E-state index >= 15 is 0 Å². The minimum absolute atomic E-state index is 0.0858. The molecule has 1 saturated heterocycles. The summed E-state index contributed by atoms with van der Waals surface area (Å²) >= 11 is 0. The first-order chi connectivity index (χ1) is 12.3. The first-order valence-corrected chi connectivity index (χ1v) is 8.93. The summed E-state index contributed by atoms with van der Waals surface area (Å²) < 4.78 is 0. The number of pyridine rings is 1. The monoisotopic (exact) mass is 364 g/mol. The van der Waals surface area contributed by atoms with Crippen molar-refractivity contribution in [3.8, 4) is 0 Å². The summed E-state index contributed by atoms with van der Waals surface area (Å²) in [6, 6.07) is 5.63. The lowest BCUT2D eigenvalue weighted by Crippen LogP contribution is -2.57. The third-order valence-electron chi connectivity index (χ3n) is 4.69. The molecule has 1 aliphatic rings. The summed E-state index contributed by atoms with van der Waals surface area (Å²) in [5.41, 5.74) is 1.44. The molecular weight excluding hydrogens is 336 g/mol. The molecule has 0 saturated carbocycles. The molecule has 1 fully saturated rings. The second-order valence-corrected chi connectivity index (χ2v) is 7.17. The summed E-state index contributed by atoms with van der Waals surface area (Å²) in [4.78, 5) is 32.8. The van der Waals surface area contributed by atoms with E-state index in [2.05, 4.69) is 9.88 Å². The summed E-state index contributed by atoms with van der Waals surface area (Å²) in [5, 5.41) is 19.0. The lowest BCUT2D eigenvalue weighted by Gasteiger charge is -2.42. The Kier molecular flexibility index (Phi) is 6.93. The van der Waals surface area contributed by atoms with E-state index in [1.807, 2.05) is 39.0 Å². The van der Waals surface area contributed by atoms with E-state index in [4.69, 9.17) is 5.21 Å². The van der Waals surface area contributed by atoms with E-state index in [1.54, 1.807) is 11.1 Å². The molecule has 3 atom stereocenters. The van der Waals surface area contributed by atoms with Gasteiger partial charge in [-0.1, -0.05) is 19.9 Å². The van der Waals surface area contributed by atoms with Gasteiger partial charge in [0.25, 0.3) is 5.91 Å². The van der Waals surface area contributed by atoms with Gasteiger partial charge in [0.15, 0.2) is 0 Å². The predicted octanol–water partition coefficient (Wildman–Crippen LogP) is 0.647. The Hall–Kier alpha value is -2.19. The highest BCUT2D eigenvalue weighted by Crippen LogP contribution is 2.23. The average molecular weight is 364 g/mol. The van der Waals surface area contributed by atoms with E-state index in [1.165, 1.54) is 5.48 Å². The number of nitrogens with one attached hydrogen (secondary N) is 1. The maximum Gasteiger partial charge on any atom is 0.272 e. The molecule has 0 aliphatic carbocycles. The van der Waals surface area contributed by atoms with Crippen molar-refractivity contribution in [2.45, 2.75) is 39.3 Å². The molecule has 2 amide bonds. The number of aliphatic hydroxyl groups is 1. The number of aromatic nitrogens is 1. The Balaban J connectivity index is 2.10. The number of carbonyl (C=O) groups is 2. The van der Waals surface area contributed by atoms with Crippen LogP contribution in [0.4, 0.5) is 5.82 Å². The molecule has 1 aliphatic heterocycles. The molecule has 2 unspecified atom stereocenters. The van der Waals surface area contributed by atoms with Crippen LogP contribution in [0.1, 0.15) is 27.2 Å². The minimum Gasteiger partial charge on any atom is -0.382 e. The molecule has 26 heavy (non-hydrogen) atoms. The van der Waals surface area contributed by atoms with E-state index in [0.717, 1.165) is 5.82 Å². The average Bonchev–Trinajstić information content (AvgIpc) is 2.64. The SMILES string of the molecule is CC(C)CC(C(=O)N1CCN(c2ccccn2)C[C@H]1C)C(O)C(=O)NO. The molecule has 8 heteroatoms. The zero-order valence-electron chi connectivity index (χ0n) is 15.5. The van der Waals surface area contributed by atoms with Gasteiger partial charge in [0, 0.05) is 31.9 Å². The second kappa shape index (κ2) is 8.95. The van der Waals surface area contributed by atoms with Crippen LogP contribution in [0, 0.1) is 11.8 Å². The molecule has 1 aromatic rings. The van der Waals surface area contributed by atoms with Crippen molar-refractivity contribution in [1.29, 1.82) is 0 Å². The van der Waals surface area contributed by atoms with Gasteiger partial charge in [0.2, 0.25) is 5.91 Å². The number of hydrogen-bond acceptors (Lipinski definition) is 6. The van der Waals surface area contributed by atoms with Gasteiger partial charge in [-0.2, -0.15) is 0 Å². The van der Waals surface area contributed by atoms with Gasteiger partial charge in [-0.05, 0) is 31.4 Å². The van der Waals surface area contributed by atoms with Crippen molar-refractivity contribution < 1.29 is 19.9 Å². The van der Waals surface area contributed by atoms with Crippen LogP contribution in [-0.4, -0.2) is 63.8 Å². The van der Waals surface area contributed by atoms with E-state index < -0.39 is 17.9 Å². The summed E-state index contributed by atoms with van der Waals surface area (Å²) in [5.74, 6) is -1.11. The highest BCUT2D eigenvalue weighted by atomic mass is 16.5. The van der Waals surface area contributed by atoms with Crippen LogP contribution in [0.5, 0.6) is 0 Å². The van der Waals surface area contributed by atoms with Gasteiger partial charge in [-0.15, -0.1) is 0 Å². The van der Waals surface area contributed by atoms with Gasteiger partial charge >= 0.3 is 0 Å². The van der Waals surface area contributed by atoms with Crippen molar-refractivity contribution in [2.75, 3.05) is 24.5 Å². The Morgan fingerprint density at radius 1 is 1.35 bits per heavy atom. The van der Waals surface area contributed by atoms with Crippen molar-refractivity contribution in [3.63, 3.8) is 0 Å². The van der Waals surface area contributed by atoms with Crippen LogP contribution in [0.25, 0.3) is 0 Å². The van der Waals surface area contributed by atoms with Crippen LogP contribution in [0.3, 0.4) is 0 Å². The maximum atomic E-state index is 13.0. The number of hydroxylamine groups is 1. The number of piperazine rings is 1. The normalized spacial score (nSPS) is 20.0. The Morgan fingerprint density at radius 2 is 2.08 bits per heavy atom. The van der Waals surface area contributed by atoms with E-state index in [-0.39, 0.29) is 17.9 Å². The summed E-state index contributed by atoms with van der Waals surface area (Å²) in [6.45, 7) is 7.53. The second-order valence-electron chi connectivity index (χ2n) is 7.17. The highest BCUT2D eigenvalue weighted by molar-refractivity contribution is 5.89. The fourth-order valence-electron chi connectivity index (χ4n) is 3.37. The number of carbonyl (C=O) groups excluding carboxylic acids is 2. The lowest BCUT2D eigenvalue weighted by molar-refractivity contribution is -0.152. The maximum absolute atomic E-state index is 13.0. The molecule has 0 spiro atoms. The van der Waals surface area contributed by atoms with E-state index in [9.17, 15) is 14.7 Å². The lowest BCUT2D eigenvalue weighted by atomic mass is 9.89. The summed E-state index contributed by atoms with van der Waals surface area (Å²) in [7, 11) is 0. The zero-order chi connectivity index (χ0) is 19.3. The largest absolute Gasteiger partial charge is 0.382 e.